The first-order chi connectivity index (χ1) is 30.1. The molecule has 6 aromatic heterocycles. The number of benzene rings is 2. The Morgan fingerprint density at radius 1 is 0.516 bits per heavy atom. The van der Waals surface area contributed by atoms with E-state index < -0.39 is 0 Å². The van der Waals surface area contributed by atoms with Gasteiger partial charge in [0, 0.05) is 47.4 Å². The fourth-order valence-electron chi connectivity index (χ4n) is 8.20. The minimum atomic E-state index is 0.249. The molecule has 8 aromatic rings. The van der Waals surface area contributed by atoms with Crippen LogP contribution in [0.3, 0.4) is 0 Å². The molecule has 0 saturated heterocycles. The Labute approximate surface area is 370 Å². The number of hydrogen-bond acceptors (Lipinski definition) is 8. The summed E-state index contributed by atoms with van der Waals surface area (Å²) in [6, 6.07) is 24.2. The van der Waals surface area contributed by atoms with Gasteiger partial charge in [0.15, 0.2) is 11.6 Å². The van der Waals surface area contributed by atoms with Crippen LogP contribution in [0, 0.1) is 27.7 Å². The maximum atomic E-state index is 6.06. The molecule has 0 N–H and O–H groups in total. The summed E-state index contributed by atoms with van der Waals surface area (Å²) in [7, 11) is 0. The fourth-order valence-corrected chi connectivity index (χ4v) is 8.46. The van der Waals surface area contributed by atoms with Crippen LogP contribution in [0.1, 0.15) is 106 Å². The number of pyridine rings is 2. The van der Waals surface area contributed by atoms with Crippen molar-refractivity contribution in [2.45, 2.75) is 78.3 Å². The van der Waals surface area contributed by atoms with Crippen LogP contribution in [0.4, 0.5) is 0 Å². The largest absolute Gasteiger partial charge is 0.304 e. The molecule has 2 aliphatic heterocycles. The molecule has 0 fully saturated rings. The lowest BCUT2D eigenvalue weighted by atomic mass is 9.91. The van der Waals surface area contributed by atoms with E-state index in [1.807, 2.05) is 132 Å². The summed E-state index contributed by atoms with van der Waals surface area (Å²) in [5.74, 6) is 3.96. The zero-order valence-electron chi connectivity index (χ0n) is 35.1. The Hall–Kier alpha value is -6.50. The molecular formula is C48H46Cl2N12. The van der Waals surface area contributed by atoms with Crippen LogP contribution in [0.25, 0.3) is 35.7 Å². The lowest BCUT2D eigenvalue weighted by Crippen LogP contribution is -2.17. The maximum Gasteiger partial charge on any atom is 0.174 e. The Morgan fingerprint density at radius 3 is 1.31 bits per heavy atom. The summed E-state index contributed by atoms with van der Waals surface area (Å²) >= 11 is 12.1. The van der Waals surface area contributed by atoms with Gasteiger partial charge in [-0.15, -0.1) is 0 Å². The summed E-state index contributed by atoms with van der Waals surface area (Å²) in [4.78, 5) is 27.7. The lowest BCUT2D eigenvalue weighted by molar-refractivity contribution is 0.445. The van der Waals surface area contributed by atoms with Crippen LogP contribution in [-0.2, 0) is 13.1 Å². The topological polar surface area (TPSA) is 123 Å². The Morgan fingerprint density at radius 2 is 0.935 bits per heavy atom. The second-order valence-electron chi connectivity index (χ2n) is 15.8. The first-order valence-corrected chi connectivity index (χ1v) is 21.6. The van der Waals surface area contributed by atoms with E-state index in [0.717, 1.165) is 106 Å². The molecular weight excluding hydrogens is 816 g/mol. The van der Waals surface area contributed by atoms with Crippen molar-refractivity contribution in [2.24, 2.45) is 0 Å². The third-order valence-corrected chi connectivity index (χ3v) is 11.8. The molecule has 312 valence electrons. The zero-order chi connectivity index (χ0) is 42.7. The van der Waals surface area contributed by atoms with Crippen LogP contribution in [0.2, 0.25) is 10.0 Å². The van der Waals surface area contributed by atoms with Gasteiger partial charge in [-0.25, -0.2) is 29.3 Å². The van der Waals surface area contributed by atoms with Gasteiger partial charge in [0.25, 0.3) is 0 Å². The van der Waals surface area contributed by atoms with E-state index in [1.54, 1.807) is 0 Å². The molecule has 62 heavy (non-hydrogen) atoms. The SMILES string of the molecule is Cc1cn(-c2ccc(/C=C/c3nc4n(n3)CCC[C@@H]4c3ccc(Cl)cc3)nc2C)cn1.Cc1cn(-c2ccc(/C=C/c3nc4n(n3)CCC[C@H]4c3ccc(Cl)cc3)nc2C)cn1. The molecule has 12 nitrogen and oxygen atoms in total. The lowest BCUT2D eigenvalue weighted by Gasteiger charge is -2.22. The standard InChI is InChI=1S/2C24H23ClN6/c2*1-16-14-30(15-26-16)22-11-9-20(27-17(22)2)10-12-23-28-24-21(4-3-13-31(24)29-23)18-5-7-19(25)8-6-18/h2*5-12,14-15,21H,3-4,13H2,1-2H3/b2*12-10+/t2*21-/m10/s1. The summed E-state index contributed by atoms with van der Waals surface area (Å²) in [6.07, 6.45) is 19.7. The molecule has 0 saturated carbocycles. The third kappa shape index (κ3) is 9.07. The van der Waals surface area contributed by atoms with Crippen LogP contribution >= 0.6 is 23.2 Å². The van der Waals surface area contributed by atoms with Gasteiger partial charge in [-0.2, -0.15) is 10.2 Å². The summed E-state index contributed by atoms with van der Waals surface area (Å²) in [5, 5.41) is 10.9. The highest BCUT2D eigenvalue weighted by Crippen LogP contribution is 2.34. The molecule has 2 aliphatic rings. The number of nitrogens with zero attached hydrogens (tertiary/aromatic N) is 12. The summed E-state index contributed by atoms with van der Waals surface area (Å²) in [6.45, 7) is 9.77. The highest BCUT2D eigenvalue weighted by atomic mass is 35.5. The van der Waals surface area contributed by atoms with E-state index >= 15 is 0 Å². The highest BCUT2D eigenvalue weighted by molar-refractivity contribution is 6.30. The minimum absolute atomic E-state index is 0.249. The molecule has 0 radical (unpaired) electrons. The van der Waals surface area contributed by atoms with Gasteiger partial charge in [0.05, 0.1) is 58.2 Å². The van der Waals surface area contributed by atoms with E-state index in [2.05, 4.69) is 46.4 Å². The number of halogens is 2. The number of rotatable bonds is 8. The van der Waals surface area contributed by atoms with E-state index in [9.17, 15) is 0 Å². The molecule has 0 spiro atoms. The quantitative estimate of drug-likeness (QED) is 0.148. The molecule has 8 heterocycles. The minimum Gasteiger partial charge on any atom is -0.304 e. The van der Waals surface area contributed by atoms with Crippen molar-refractivity contribution >= 4 is 47.5 Å². The Balaban J connectivity index is 0.000000158. The predicted octanol–water partition coefficient (Wildman–Crippen LogP) is 10.5. The van der Waals surface area contributed by atoms with Crippen molar-refractivity contribution in [3.63, 3.8) is 0 Å². The van der Waals surface area contributed by atoms with Gasteiger partial charge in [-0.1, -0.05) is 47.5 Å². The average molecular weight is 862 g/mol. The van der Waals surface area contributed by atoms with Crippen molar-refractivity contribution in [1.29, 1.82) is 0 Å². The van der Waals surface area contributed by atoms with E-state index in [1.165, 1.54) is 11.1 Å². The first kappa shape index (κ1) is 40.9. The van der Waals surface area contributed by atoms with Crippen molar-refractivity contribution in [3.8, 4) is 11.4 Å². The van der Waals surface area contributed by atoms with Crippen molar-refractivity contribution in [2.75, 3.05) is 0 Å². The summed E-state index contributed by atoms with van der Waals surface area (Å²) < 4.78 is 8.05. The van der Waals surface area contributed by atoms with Gasteiger partial charge in [0.2, 0.25) is 0 Å². The van der Waals surface area contributed by atoms with Crippen LogP contribution in [0.15, 0.2) is 97.8 Å². The molecule has 2 atom stereocenters. The monoisotopic (exact) mass is 860 g/mol. The van der Waals surface area contributed by atoms with Crippen LogP contribution in [-0.4, -0.2) is 58.6 Å². The first-order valence-electron chi connectivity index (χ1n) is 20.9. The third-order valence-electron chi connectivity index (χ3n) is 11.3. The van der Waals surface area contributed by atoms with Gasteiger partial charge in [-0.3, -0.25) is 9.97 Å². The van der Waals surface area contributed by atoms with Gasteiger partial charge in [-0.05, 0) is 137 Å². The highest BCUT2D eigenvalue weighted by Gasteiger charge is 2.26. The van der Waals surface area contributed by atoms with Crippen molar-refractivity contribution in [3.05, 3.63) is 176 Å². The van der Waals surface area contributed by atoms with Gasteiger partial charge < -0.3 is 9.13 Å². The molecule has 10 rings (SSSR count). The second kappa shape index (κ2) is 17.8. The fraction of sp³-hybridized carbons (Fsp3) is 0.250. The van der Waals surface area contributed by atoms with Crippen LogP contribution in [0.5, 0.6) is 0 Å². The van der Waals surface area contributed by atoms with E-state index in [-0.39, 0.29) is 11.8 Å². The maximum absolute atomic E-state index is 6.06. The molecule has 0 amide bonds. The molecule has 0 bridgehead atoms. The van der Waals surface area contributed by atoms with Crippen molar-refractivity contribution in [1.82, 2.24) is 58.6 Å². The average Bonchev–Trinajstić information content (AvgIpc) is 4.10. The van der Waals surface area contributed by atoms with Gasteiger partial charge in [0.1, 0.15) is 11.6 Å². The number of fused-ring (bicyclic) bond motifs is 2. The molecule has 0 aliphatic carbocycles. The number of aryl methyl sites for hydroxylation is 6. The molecule has 2 aromatic carbocycles. The van der Waals surface area contributed by atoms with Crippen LogP contribution < -0.4 is 0 Å². The molecule has 0 unspecified atom stereocenters. The smallest absolute Gasteiger partial charge is 0.174 e. The zero-order valence-corrected chi connectivity index (χ0v) is 36.6. The van der Waals surface area contributed by atoms with Crippen molar-refractivity contribution < 1.29 is 0 Å². The van der Waals surface area contributed by atoms with E-state index in [4.69, 9.17) is 53.3 Å². The van der Waals surface area contributed by atoms with E-state index in [0.29, 0.717) is 11.6 Å². The summed E-state index contributed by atoms with van der Waals surface area (Å²) in [5.41, 5.74) is 10.1. The van der Waals surface area contributed by atoms with Gasteiger partial charge >= 0.3 is 0 Å². The number of hydrogen-bond donors (Lipinski definition) is 0. The Bertz CT molecular complexity index is 2700. The predicted molar refractivity (Wildman–Crippen MR) is 245 cm³/mol. The normalized spacial score (nSPS) is 16.0. The second-order valence-corrected chi connectivity index (χ2v) is 16.7. The number of imidazole rings is 2. The Kier molecular flexibility index (Phi) is 11.8. The molecule has 14 heteroatoms. The number of aromatic nitrogens is 12.